The third kappa shape index (κ3) is 7.54. The summed E-state index contributed by atoms with van der Waals surface area (Å²) in [5.74, 6) is -0.226. The van der Waals surface area contributed by atoms with Gasteiger partial charge in [0, 0.05) is 24.1 Å². The zero-order valence-electron chi connectivity index (χ0n) is 28.1. The van der Waals surface area contributed by atoms with E-state index in [1.54, 1.807) is 0 Å². The standard InChI is InChI=1S/C40H51N3O3/c1-5-6-12-27-41-36(45)34(30-13-8-7-9-14-30)43-37(46)40-24-21-39(22-25-40,23-26-40)28-42-35(44)33-16-11-10-15-32(33)29-17-19-31(20-18-29)38(2,3)4/h7-11,13-20,34H,5-6,12,21-28H2,1-4H3,(H,41,45)(H,42,44)(H,43,46)/t34-,39?,40?/m0/s1. The van der Waals surface area contributed by atoms with E-state index >= 15 is 0 Å². The van der Waals surface area contributed by atoms with Crippen molar-refractivity contribution in [3.05, 3.63) is 95.6 Å². The van der Waals surface area contributed by atoms with Crippen LogP contribution in [0.1, 0.15) is 113 Å². The number of amides is 3. The van der Waals surface area contributed by atoms with E-state index in [0.29, 0.717) is 18.7 Å². The predicted octanol–water partition coefficient (Wildman–Crippen LogP) is 7.89. The van der Waals surface area contributed by atoms with Crippen molar-refractivity contribution in [1.82, 2.24) is 16.0 Å². The van der Waals surface area contributed by atoms with Crippen LogP contribution in [0, 0.1) is 10.8 Å². The molecule has 6 rings (SSSR count). The van der Waals surface area contributed by atoms with Crippen LogP contribution in [0.25, 0.3) is 11.1 Å². The van der Waals surface area contributed by atoms with E-state index in [4.69, 9.17) is 0 Å². The van der Waals surface area contributed by atoms with E-state index in [-0.39, 0.29) is 28.6 Å². The second-order valence-corrected chi connectivity index (χ2v) is 14.7. The van der Waals surface area contributed by atoms with Crippen molar-refractivity contribution in [2.24, 2.45) is 10.8 Å². The Balaban J connectivity index is 1.21. The second-order valence-electron chi connectivity index (χ2n) is 14.7. The highest BCUT2D eigenvalue weighted by atomic mass is 16.2. The molecule has 6 nitrogen and oxygen atoms in total. The van der Waals surface area contributed by atoms with Gasteiger partial charge in [-0.05, 0) is 84.1 Å². The molecule has 2 bridgehead atoms. The van der Waals surface area contributed by atoms with Crippen LogP contribution in [0.15, 0.2) is 78.9 Å². The van der Waals surface area contributed by atoms with E-state index < -0.39 is 11.5 Å². The van der Waals surface area contributed by atoms with Crippen molar-refractivity contribution in [1.29, 1.82) is 0 Å². The first kappa shape index (κ1) is 33.4. The maximum absolute atomic E-state index is 13.9. The lowest BCUT2D eigenvalue weighted by Gasteiger charge is -2.52. The minimum Gasteiger partial charge on any atom is -0.354 e. The SMILES string of the molecule is CCCCCNC(=O)[C@@H](NC(=O)C12CCC(CNC(=O)c3ccccc3-c3ccc(C(C)(C)C)cc3)(CC1)CC2)c1ccccc1. The second kappa shape index (κ2) is 14.2. The summed E-state index contributed by atoms with van der Waals surface area (Å²) in [5.41, 5.74) is 4.31. The molecule has 0 aliphatic heterocycles. The average molecular weight is 622 g/mol. The number of fused-ring (bicyclic) bond motifs is 3. The van der Waals surface area contributed by atoms with Crippen LogP contribution in [0.2, 0.25) is 0 Å². The number of carbonyl (C=O) groups excluding carboxylic acids is 3. The fourth-order valence-electron chi connectivity index (χ4n) is 7.23. The lowest BCUT2D eigenvalue weighted by molar-refractivity contribution is -0.143. The Morgan fingerprint density at radius 3 is 2.02 bits per heavy atom. The summed E-state index contributed by atoms with van der Waals surface area (Å²) in [7, 11) is 0. The van der Waals surface area contributed by atoms with Crippen LogP contribution in [0.4, 0.5) is 0 Å². The summed E-state index contributed by atoms with van der Waals surface area (Å²) in [6.07, 6.45) is 8.03. The van der Waals surface area contributed by atoms with Gasteiger partial charge in [-0.1, -0.05) is 113 Å². The molecule has 3 fully saturated rings. The molecular weight excluding hydrogens is 570 g/mol. The van der Waals surface area contributed by atoms with Gasteiger partial charge in [0.05, 0.1) is 0 Å². The van der Waals surface area contributed by atoms with Crippen molar-refractivity contribution in [3.63, 3.8) is 0 Å². The smallest absolute Gasteiger partial charge is 0.251 e. The van der Waals surface area contributed by atoms with Gasteiger partial charge in [0.2, 0.25) is 11.8 Å². The van der Waals surface area contributed by atoms with Gasteiger partial charge >= 0.3 is 0 Å². The highest BCUT2D eigenvalue weighted by Crippen LogP contribution is 2.57. The molecule has 3 aliphatic carbocycles. The average Bonchev–Trinajstić information content (AvgIpc) is 3.08. The molecular formula is C40H51N3O3. The lowest BCUT2D eigenvalue weighted by Crippen LogP contribution is -2.54. The third-order valence-corrected chi connectivity index (χ3v) is 10.5. The molecule has 0 unspecified atom stereocenters. The number of nitrogens with one attached hydrogen (secondary N) is 3. The molecule has 46 heavy (non-hydrogen) atoms. The van der Waals surface area contributed by atoms with Gasteiger partial charge in [-0.25, -0.2) is 0 Å². The Kier molecular flexibility index (Phi) is 10.3. The Bertz CT molecular complexity index is 1480. The number of unbranched alkanes of at least 4 members (excludes halogenated alkanes) is 2. The van der Waals surface area contributed by atoms with Gasteiger partial charge in [-0.3, -0.25) is 14.4 Å². The fraction of sp³-hybridized carbons (Fsp3) is 0.475. The van der Waals surface area contributed by atoms with Crippen molar-refractivity contribution >= 4 is 17.7 Å². The fourth-order valence-corrected chi connectivity index (χ4v) is 7.23. The molecule has 3 N–H and O–H groups in total. The molecule has 6 heteroatoms. The van der Waals surface area contributed by atoms with Crippen LogP contribution in [-0.4, -0.2) is 30.8 Å². The zero-order chi connectivity index (χ0) is 32.8. The van der Waals surface area contributed by atoms with E-state index in [1.807, 2.05) is 54.6 Å². The first-order chi connectivity index (χ1) is 22.1. The number of hydrogen-bond acceptors (Lipinski definition) is 3. The van der Waals surface area contributed by atoms with Crippen molar-refractivity contribution in [3.8, 4) is 11.1 Å². The van der Waals surface area contributed by atoms with Crippen molar-refractivity contribution in [2.75, 3.05) is 13.1 Å². The summed E-state index contributed by atoms with van der Waals surface area (Å²) in [5, 5.41) is 9.47. The Hall–Kier alpha value is -3.93. The number of benzene rings is 3. The predicted molar refractivity (Wildman–Crippen MR) is 185 cm³/mol. The molecule has 0 spiro atoms. The van der Waals surface area contributed by atoms with Gasteiger partial charge in [0.25, 0.3) is 5.91 Å². The minimum atomic E-state index is -0.706. The van der Waals surface area contributed by atoms with E-state index in [1.165, 1.54) is 5.56 Å². The Morgan fingerprint density at radius 1 is 0.761 bits per heavy atom. The molecule has 0 radical (unpaired) electrons. The zero-order valence-corrected chi connectivity index (χ0v) is 28.1. The first-order valence-corrected chi connectivity index (χ1v) is 17.2. The Morgan fingerprint density at radius 2 is 1.39 bits per heavy atom. The number of rotatable bonds is 12. The maximum Gasteiger partial charge on any atom is 0.251 e. The molecule has 3 aromatic carbocycles. The molecule has 0 saturated heterocycles. The Labute approximate surface area is 275 Å². The van der Waals surface area contributed by atoms with Crippen LogP contribution in [0.3, 0.4) is 0 Å². The third-order valence-electron chi connectivity index (χ3n) is 10.5. The summed E-state index contributed by atoms with van der Waals surface area (Å²) < 4.78 is 0. The highest BCUT2D eigenvalue weighted by molar-refractivity contribution is 6.01. The summed E-state index contributed by atoms with van der Waals surface area (Å²) in [6.45, 7) is 9.95. The van der Waals surface area contributed by atoms with E-state index in [0.717, 1.165) is 74.5 Å². The summed E-state index contributed by atoms with van der Waals surface area (Å²) in [6, 6.07) is 25.2. The molecule has 3 amide bonds. The van der Waals surface area contributed by atoms with E-state index in [9.17, 15) is 14.4 Å². The van der Waals surface area contributed by atoms with Gasteiger partial charge in [0.1, 0.15) is 6.04 Å². The molecule has 0 aromatic heterocycles. The van der Waals surface area contributed by atoms with E-state index in [2.05, 4.69) is 67.9 Å². The van der Waals surface area contributed by atoms with Gasteiger partial charge < -0.3 is 16.0 Å². The topological polar surface area (TPSA) is 87.3 Å². The molecule has 3 aromatic rings. The summed E-state index contributed by atoms with van der Waals surface area (Å²) in [4.78, 5) is 40.7. The highest BCUT2D eigenvalue weighted by Gasteiger charge is 2.52. The number of hydrogen-bond donors (Lipinski definition) is 3. The lowest BCUT2D eigenvalue weighted by atomic mass is 9.53. The molecule has 3 aliphatic rings. The quantitative estimate of drug-likeness (QED) is 0.180. The first-order valence-electron chi connectivity index (χ1n) is 17.2. The van der Waals surface area contributed by atoms with Gasteiger partial charge in [-0.15, -0.1) is 0 Å². The van der Waals surface area contributed by atoms with Crippen LogP contribution in [0.5, 0.6) is 0 Å². The van der Waals surface area contributed by atoms with Gasteiger partial charge in [0.15, 0.2) is 0 Å². The molecule has 244 valence electrons. The molecule has 0 heterocycles. The van der Waals surface area contributed by atoms with Crippen LogP contribution >= 0.6 is 0 Å². The minimum absolute atomic E-state index is 0.00350. The number of carbonyl (C=O) groups is 3. The van der Waals surface area contributed by atoms with Crippen LogP contribution < -0.4 is 16.0 Å². The molecule has 3 saturated carbocycles. The normalized spacial score (nSPS) is 21.3. The monoisotopic (exact) mass is 621 g/mol. The maximum atomic E-state index is 13.9. The van der Waals surface area contributed by atoms with Crippen molar-refractivity contribution < 1.29 is 14.4 Å². The van der Waals surface area contributed by atoms with Crippen molar-refractivity contribution in [2.45, 2.75) is 96.9 Å². The summed E-state index contributed by atoms with van der Waals surface area (Å²) >= 11 is 0. The van der Waals surface area contributed by atoms with Crippen LogP contribution in [-0.2, 0) is 15.0 Å². The molecule has 1 atom stereocenters. The van der Waals surface area contributed by atoms with Gasteiger partial charge in [-0.2, -0.15) is 0 Å². The largest absolute Gasteiger partial charge is 0.354 e.